The molecule has 0 bridgehead atoms. The topological polar surface area (TPSA) is 29.1 Å². The average molecular weight is 340 g/mol. The lowest BCUT2D eigenvalue weighted by Gasteiger charge is -2.40. The molecule has 1 N–H and O–H groups in total. The Morgan fingerprint density at radius 3 is 2.42 bits per heavy atom. The van der Waals surface area contributed by atoms with Gasteiger partial charge in [0.2, 0.25) is 5.91 Å². The van der Waals surface area contributed by atoms with E-state index in [-0.39, 0.29) is 11.3 Å². The molecule has 126 valence electrons. The predicted octanol–water partition coefficient (Wildman–Crippen LogP) is 4.47. The van der Waals surface area contributed by atoms with E-state index in [1.54, 1.807) is 0 Å². The molecule has 0 aromatic heterocycles. The van der Waals surface area contributed by atoms with Crippen LogP contribution >= 0.6 is 11.8 Å². The molecule has 2 aromatic carbocycles. The highest BCUT2D eigenvalue weighted by Gasteiger charge is 2.45. The van der Waals surface area contributed by atoms with Gasteiger partial charge in [-0.1, -0.05) is 66.6 Å². The normalized spacial score (nSPS) is 15.5. The van der Waals surface area contributed by atoms with E-state index in [1.165, 1.54) is 16.7 Å². The molecule has 0 atom stereocenters. The summed E-state index contributed by atoms with van der Waals surface area (Å²) in [6, 6.07) is 18.9. The van der Waals surface area contributed by atoms with Crippen molar-refractivity contribution < 1.29 is 4.79 Å². The van der Waals surface area contributed by atoms with Gasteiger partial charge in [0.25, 0.3) is 0 Å². The van der Waals surface area contributed by atoms with Crippen LogP contribution in [0.2, 0.25) is 0 Å². The second-order valence-corrected chi connectivity index (χ2v) is 7.70. The van der Waals surface area contributed by atoms with Gasteiger partial charge in [-0.15, -0.1) is 0 Å². The molecule has 1 aliphatic rings. The number of carbonyl (C=O) groups excluding carboxylic acids is 1. The Bertz CT molecular complexity index is 662. The number of benzene rings is 2. The Labute approximate surface area is 149 Å². The van der Waals surface area contributed by atoms with E-state index in [0.29, 0.717) is 0 Å². The van der Waals surface area contributed by atoms with Crippen LogP contribution in [0.15, 0.2) is 54.6 Å². The number of hydrogen-bond donors (Lipinski definition) is 1. The third-order valence-electron chi connectivity index (χ3n) is 4.89. The summed E-state index contributed by atoms with van der Waals surface area (Å²) in [6.07, 6.45) is 3.09. The van der Waals surface area contributed by atoms with E-state index in [1.807, 2.05) is 30.0 Å². The molecule has 2 aromatic rings. The van der Waals surface area contributed by atoms with Crippen molar-refractivity contribution in [2.45, 2.75) is 37.4 Å². The molecule has 1 fully saturated rings. The van der Waals surface area contributed by atoms with Crippen LogP contribution in [0.1, 0.15) is 36.0 Å². The van der Waals surface area contributed by atoms with Gasteiger partial charge in [0.1, 0.15) is 0 Å². The number of aryl methyl sites for hydroxylation is 1. The number of carbonyl (C=O) groups is 1. The van der Waals surface area contributed by atoms with Crippen LogP contribution < -0.4 is 5.32 Å². The third-order valence-corrected chi connectivity index (χ3v) is 5.92. The fraction of sp³-hybridized carbons (Fsp3) is 0.381. The molecule has 3 heteroatoms. The van der Waals surface area contributed by atoms with E-state index in [0.717, 1.165) is 37.3 Å². The molecule has 0 saturated heterocycles. The Kier molecular flexibility index (Phi) is 5.62. The summed E-state index contributed by atoms with van der Waals surface area (Å²) in [5, 5.41) is 3.16. The fourth-order valence-electron chi connectivity index (χ4n) is 3.21. The number of rotatable bonds is 7. The average Bonchev–Trinajstić information content (AvgIpc) is 2.56. The molecule has 1 aliphatic carbocycles. The first kappa shape index (κ1) is 17.1. The molecule has 0 heterocycles. The smallest absolute Gasteiger partial charge is 0.230 e. The van der Waals surface area contributed by atoms with E-state index in [4.69, 9.17) is 0 Å². The van der Waals surface area contributed by atoms with Crippen LogP contribution in [0.5, 0.6) is 0 Å². The SMILES string of the molecule is Cc1ccc(CSCCNC(=O)C2(c3ccccc3)CCC2)cc1. The summed E-state index contributed by atoms with van der Waals surface area (Å²) in [4.78, 5) is 12.7. The molecule has 24 heavy (non-hydrogen) atoms. The molecule has 0 aliphatic heterocycles. The van der Waals surface area contributed by atoms with Gasteiger partial charge in [0.15, 0.2) is 0 Å². The third kappa shape index (κ3) is 3.84. The van der Waals surface area contributed by atoms with Crippen molar-refractivity contribution >= 4 is 17.7 Å². The number of amides is 1. The fourth-order valence-corrected chi connectivity index (χ4v) is 4.03. The quantitative estimate of drug-likeness (QED) is 0.754. The maximum atomic E-state index is 12.7. The molecular formula is C21H25NOS. The van der Waals surface area contributed by atoms with Crippen molar-refractivity contribution in [3.8, 4) is 0 Å². The molecule has 0 spiro atoms. The molecule has 0 radical (unpaired) electrons. The van der Waals surface area contributed by atoms with Crippen molar-refractivity contribution in [3.05, 3.63) is 71.3 Å². The van der Waals surface area contributed by atoms with Gasteiger partial charge in [-0.05, 0) is 30.9 Å². The monoisotopic (exact) mass is 339 g/mol. The maximum absolute atomic E-state index is 12.7. The zero-order chi connectivity index (χ0) is 16.8. The Morgan fingerprint density at radius 2 is 1.79 bits per heavy atom. The van der Waals surface area contributed by atoms with Gasteiger partial charge >= 0.3 is 0 Å². The zero-order valence-corrected chi connectivity index (χ0v) is 15.1. The predicted molar refractivity (Wildman–Crippen MR) is 102 cm³/mol. The van der Waals surface area contributed by atoms with Gasteiger partial charge in [-0.3, -0.25) is 4.79 Å². The Balaban J connectivity index is 1.44. The molecule has 2 nitrogen and oxygen atoms in total. The number of thioether (sulfide) groups is 1. The minimum absolute atomic E-state index is 0.205. The van der Waals surface area contributed by atoms with Gasteiger partial charge in [-0.2, -0.15) is 11.8 Å². The summed E-state index contributed by atoms with van der Waals surface area (Å²) >= 11 is 1.87. The highest BCUT2D eigenvalue weighted by molar-refractivity contribution is 7.98. The lowest BCUT2D eigenvalue weighted by molar-refractivity contribution is -0.129. The summed E-state index contributed by atoms with van der Waals surface area (Å²) in [5.41, 5.74) is 3.53. The van der Waals surface area contributed by atoms with Crippen LogP contribution in [0, 0.1) is 6.92 Å². The van der Waals surface area contributed by atoms with E-state index < -0.39 is 0 Å². The van der Waals surface area contributed by atoms with Gasteiger partial charge in [0, 0.05) is 18.1 Å². The summed E-state index contributed by atoms with van der Waals surface area (Å²) in [6.45, 7) is 2.85. The summed E-state index contributed by atoms with van der Waals surface area (Å²) in [7, 11) is 0. The lowest BCUT2D eigenvalue weighted by atomic mass is 9.64. The van der Waals surface area contributed by atoms with Crippen molar-refractivity contribution in [1.29, 1.82) is 0 Å². The molecule has 1 amide bonds. The first-order chi connectivity index (χ1) is 11.7. The Hall–Kier alpha value is -1.74. The summed E-state index contributed by atoms with van der Waals surface area (Å²) in [5.74, 6) is 2.15. The number of nitrogens with one attached hydrogen (secondary N) is 1. The van der Waals surface area contributed by atoms with E-state index in [2.05, 4.69) is 48.6 Å². The lowest BCUT2D eigenvalue weighted by Crippen LogP contribution is -2.49. The van der Waals surface area contributed by atoms with Crippen LogP contribution in [0.4, 0.5) is 0 Å². The van der Waals surface area contributed by atoms with Crippen LogP contribution in [-0.2, 0) is 16.0 Å². The van der Waals surface area contributed by atoms with E-state index in [9.17, 15) is 4.79 Å². The van der Waals surface area contributed by atoms with Gasteiger partial charge in [-0.25, -0.2) is 0 Å². The highest BCUT2D eigenvalue weighted by Crippen LogP contribution is 2.43. The minimum atomic E-state index is -0.275. The van der Waals surface area contributed by atoms with Crippen molar-refractivity contribution in [2.24, 2.45) is 0 Å². The van der Waals surface area contributed by atoms with Gasteiger partial charge in [0.05, 0.1) is 5.41 Å². The van der Waals surface area contributed by atoms with Crippen molar-refractivity contribution in [3.63, 3.8) is 0 Å². The van der Waals surface area contributed by atoms with Crippen LogP contribution in [0.25, 0.3) is 0 Å². The largest absolute Gasteiger partial charge is 0.355 e. The molecular weight excluding hydrogens is 314 g/mol. The van der Waals surface area contributed by atoms with E-state index >= 15 is 0 Å². The van der Waals surface area contributed by atoms with Crippen molar-refractivity contribution in [1.82, 2.24) is 5.32 Å². The van der Waals surface area contributed by atoms with Crippen LogP contribution in [-0.4, -0.2) is 18.2 Å². The molecule has 1 saturated carbocycles. The molecule has 3 rings (SSSR count). The standard InChI is InChI=1S/C21H25NOS/c1-17-8-10-18(11-9-17)16-24-15-14-22-20(23)21(12-5-13-21)19-6-3-2-4-7-19/h2-4,6-11H,5,12-16H2,1H3,(H,22,23). The second-order valence-electron chi connectivity index (χ2n) is 6.60. The first-order valence-corrected chi connectivity index (χ1v) is 9.83. The zero-order valence-electron chi connectivity index (χ0n) is 14.3. The maximum Gasteiger partial charge on any atom is 0.230 e. The second kappa shape index (κ2) is 7.89. The number of hydrogen-bond acceptors (Lipinski definition) is 2. The minimum Gasteiger partial charge on any atom is -0.355 e. The highest BCUT2D eigenvalue weighted by atomic mass is 32.2. The van der Waals surface area contributed by atoms with Gasteiger partial charge < -0.3 is 5.32 Å². The summed E-state index contributed by atoms with van der Waals surface area (Å²) < 4.78 is 0. The van der Waals surface area contributed by atoms with Crippen molar-refractivity contribution in [2.75, 3.05) is 12.3 Å². The molecule has 0 unspecified atom stereocenters. The van der Waals surface area contributed by atoms with Crippen LogP contribution in [0.3, 0.4) is 0 Å². The first-order valence-electron chi connectivity index (χ1n) is 8.68. The Morgan fingerprint density at radius 1 is 1.08 bits per heavy atom.